The van der Waals surface area contributed by atoms with Gasteiger partial charge in [0.25, 0.3) is 0 Å². The fourth-order valence-electron chi connectivity index (χ4n) is 2.77. The van der Waals surface area contributed by atoms with Gasteiger partial charge in [-0.2, -0.15) is 0 Å². The molecule has 6 heteroatoms. The number of hydrogen-bond donors (Lipinski definition) is 1. The number of nitrogens with one attached hydrogen (secondary N) is 1. The lowest BCUT2D eigenvalue weighted by Gasteiger charge is -2.34. The van der Waals surface area contributed by atoms with Crippen molar-refractivity contribution >= 4 is 6.03 Å². The zero-order valence-electron chi connectivity index (χ0n) is 13.5. The van der Waals surface area contributed by atoms with Crippen LogP contribution in [0.25, 0.3) is 0 Å². The molecule has 126 valence electrons. The van der Waals surface area contributed by atoms with E-state index in [4.69, 9.17) is 0 Å². The molecule has 3 rings (SSSR count). The molecule has 0 aliphatic carbocycles. The lowest BCUT2D eigenvalue weighted by atomic mass is 10.2. The van der Waals surface area contributed by atoms with E-state index in [9.17, 15) is 9.18 Å². The second kappa shape index (κ2) is 7.88. The molecule has 1 saturated heterocycles. The van der Waals surface area contributed by atoms with Crippen molar-refractivity contribution in [2.45, 2.75) is 13.1 Å². The molecule has 2 heterocycles. The van der Waals surface area contributed by atoms with Gasteiger partial charge in [-0.15, -0.1) is 0 Å². The maximum Gasteiger partial charge on any atom is 0.317 e. The molecule has 1 aliphatic rings. The monoisotopic (exact) mass is 328 g/mol. The van der Waals surface area contributed by atoms with E-state index >= 15 is 0 Å². The summed E-state index contributed by atoms with van der Waals surface area (Å²) in [5.41, 5.74) is 1.68. The maximum absolute atomic E-state index is 13.7. The molecule has 1 aromatic carbocycles. The summed E-state index contributed by atoms with van der Waals surface area (Å²) >= 11 is 0. The van der Waals surface area contributed by atoms with Crippen LogP contribution in [0.4, 0.5) is 9.18 Å². The van der Waals surface area contributed by atoms with E-state index in [2.05, 4.69) is 15.2 Å². The van der Waals surface area contributed by atoms with Gasteiger partial charge >= 0.3 is 6.03 Å². The van der Waals surface area contributed by atoms with Crippen molar-refractivity contribution in [1.82, 2.24) is 20.1 Å². The Balaban J connectivity index is 1.44. The minimum absolute atomic E-state index is 0.0654. The first-order valence-corrected chi connectivity index (χ1v) is 8.10. The normalized spacial score (nSPS) is 15.3. The largest absolute Gasteiger partial charge is 0.334 e. The van der Waals surface area contributed by atoms with Crippen LogP contribution in [0.5, 0.6) is 0 Å². The molecule has 2 aromatic rings. The van der Waals surface area contributed by atoms with Gasteiger partial charge in [-0.3, -0.25) is 9.88 Å². The molecule has 5 nitrogen and oxygen atoms in total. The van der Waals surface area contributed by atoms with Gasteiger partial charge in [0.05, 0.1) is 0 Å². The lowest BCUT2D eigenvalue weighted by Crippen LogP contribution is -2.51. The van der Waals surface area contributed by atoms with Crippen LogP contribution >= 0.6 is 0 Å². The van der Waals surface area contributed by atoms with Crippen molar-refractivity contribution in [3.05, 3.63) is 65.7 Å². The highest BCUT2D eigenvalue weighted by molar-refractivity contribution is 5.74. The molecule has 0 bridgehead atoms. The molecule has 0 unspecified atom stereocenters. The summed E-state index contributed by atoms with van der Waals surface area (Å²) in [7, 11) is 0. The first-order chi connectivity index (χ1) is 11.7. The Bertz CT molecular complexity index is 672. The van der Waals surface area contributed by atoms with Crippen molar-refractivity contribution < 1.29 is 9.18 Å². The lowest BCUT2D eigenvalue weighted by molar-refractivity contribution is 0.134. The number of urea groups is 1. The molecule has 0 radical (unpaired) electrons. The second-order valence-electron chi connectivity index (χ2n) is 5.87. The van der Waals surface area contributed by atoms with Crippen LogP contribution < -0.4 is 5.32 Å². The van der Waals surface area contributed by atoms with Crippen molar-refractivity contribution in [3.8, 4) is 0 Å². The summed E-state index contributed by atoms with van der Waals surface area (Å²) in [6.07, 6.45) is 3.45. The molecule has 1 aliphatic heterocycles. The molecule has 1 N–H and O–H groups in total. The fraction of sp³-hybridized carbons (Fsp3) is 0.333. The number of benzene rings is 1. The van der Waals surface area contributed by atoms with Crippen molar-refractivity contribution in [2.75, 3.05) is 26.2 Å². The Morgan fingerprint density at radius 3 is 2.62 bits per heavy atom. The van der Waals surface area contributed by atoms with E-state index in [-0.39, 0.29) is 11.8 Å². The van der Waals surface area contributed by atoms with Gasteiger partial charge in [0, 0.05) is 57.2 Å². The van der Waals surface area contributed by atoms with Crippen LogP contribution in [0, 0.1) is 5.82 Å². The third-order valence-corrected chi connectivity index (χ3v) is 4.18. The van der Waals surface area contributed by atoms with E-state index in [0.29, 0.717) is 31.7 Å². The van der Waals surface area contributed by atoms with Crippen molar-refractivity contribution in [3.63, 3.8) is 0 Å². The molecule has 0 spiro atoms. The van der Waals surface area contributed by atoms with E-state index in [0.717, 1.165) is 18.7 Å². The van der Waals surface area contributed by atoms with Gasteiger partial charge in [-0.25, -0.2) is 9.18 Å². The Morgan fingerprint density at radius 1 is 1.12 bits per heavy atom. The first kappa shape index (κ1) is 16.4. The second-order valence-corrected chi connectivity index (χ2v) is 5.87. The molecule has 1 fully saturated rings. The van der Waals surface area contributed by atoms with Crippen molar-refractivity contribution in [1.29, 1.82) is 0 Å². The zero-order valence-corrected chi connectivity index (χ0v) is 13.5. The Hall–Kier alpha value is -2.47. The fourth-order valence-corrected chi connectivity index (χ4v) is 2.77. The molecular formula is C18H21FN4O. The molecule has 24 heavy (non-hydrogen) atoms. The van der Waals surface area contributed by atoms with Crippen LogP contribution in [0.3, 0.4) is 0 Å². The number of pyridine rings is 1. The Labute approximate surface area is 141 Å². The quantitative estimate of drug-likeness (QED) is 0.936. The predicted molar refractivity (Wildman–Crippen MR) is 89.7 cm³/mol. The van der Waals surface area contributed by atoms with E-state index in [1.807, 2.05) is 24.3 Å². The topological polar surface area (TPSA) is 48.5 Å². The predicted octanol–water partition coefficient (Wildman–Crippen LogP) is 2.25. The molecular weight excluding hydrogens is 307 g/mol. The third-order valence-electron chi connectivity index (χ3n) is 4.18. The number of hydrogen-bond acceptors (Lipinski definition) is 3. The summed E-state index contributed by atoms with van der Waals surface area (Å²) < 4.78 is 13.7. The number of rotatable bonds is 4. The standard InChI is InChI=1S/C18H21FN4O/c19-17-6-2-1-5-16(17)14-22-8-10-23(11-9-22)18(24)21-13-15-4-3-7-20-12-15/h1-7,12H,8-11,13-14H2,(H,21,24). The van der Waals surface area contributed by atoms with Gasteiger partial charge in [0.15, 0.2) is 0 Å². The molecule has 0 atom stereocenters. The van der Waals surface area contributed by atoms with Gasteiger partial charge in [-0.05, 0) is 17.7 Å². The highest BCUT2D eigenvalue weighted by atomic mass is 19.1. The van der Waals surface area contributed by atoms with Crippen molar-refractivity contribution in [2.24, 2.45) is 0 Å². The molecule has 2 amide bonds. The summed E-state index contributed by atoms with van der Waals surface area (Å²) in [5, 5.41) is 2.91. The average Bonchev–Trinajstić information content (AvgIpc) is 2.63. The van der Waals surface area contributed by atoms with Crippen LogP contribution in [0.2, 0.25) is 0 Å². The minimum atomic E-state index is -0.172. The minimum Gasteiger partial charge on any atom is -0.334 e. The van der Waals surface area contributed by atoms with Gasteiger partial charge in [0.2, 0.25) is 0 Å². The Morgan fingerprint density at radius 2 is 1.92 bits per heavy atom. The van der Waals surface area contributed by atoms with Crippen LogP contribution in [0.1, 0.15) is 11.1 Å². The molecule has 0 saturated carbocycles. The third kappa shape index (κ3) is 4.29. The summed E-state index contributed by atoms with van der Waals surface area (Å²) in [6, 6.07) is 10.6. The van der Waals surface area contributed by atoms with Crippen LogP contribution in [0.15, 0.2) is 48.8 Å². The number of aromatic nitrogens is 1. The van der Waals surface area contributed by atoms with Gasteiger partial charge in [-0.1, -0.05) is 24.3 Å². The summed E-state index contributed by atoms with van der Waals surface area (Å²) in [5.74, 6) is -0.172. The number of carbonyl (C=O) groups is 1. The highest BCUT2D eigenvalue weighted by Gasteiger charge is 2.21. The van der Waals surface area contributed by atoms with Crippen LogP contribution in [-0.2, 0) is 13.1 Å². The van der Waals surface area contributed by atoms with Gasteiger partial charge in [0.1, 0.15) is 5.82 Å². The number of carbonyl (C=O) groups excluding carboxylic acids is 1. The number of amides is 2. The number of piperazine rings is 1. The number of nitrogens with zero attached hydrogens (tertiary/aromatic N) is 3. The van der Waals surface area contributed by atoms with E-state index < -0.39 is 0 Å². The zero-order chi connectivity index (χ0) is 16.8. The smallest absolute Gasteiger partial charge is 0.317 e. The summed E-state index contributed by atoms with van der Waals surface area (Å²) in [6.45, 7) is 3.84. The highest BCUT2D eigenvalue weighted by Crippen LogP contribution is 2.12. The van der Waals surface area contributed by atoms with Gasteiger partial charge < -0.3 is 10.2 Å². The SMILES string of the molecule is O=C(NCc1cccnc1)N1CCN(Cc2ccccc2F)CC1. The molecule has 1 aromatic heterocycles. The maximum atomic E-state index is 13.7. The summed E-state index contributed by atoms with van der Waals surface area (Å²) in [4.78, 5) is 20.2. The Kier molecular flexibility index (Phi) is 5.38. The average molecular weight is 328 g/mol. The van der Waals surface area contributed by atoms with E-state index in [1.54, 1.807) is 23.4 Å². The van der Waals surface area contributed by atoms with E-state index in [1.165, 1.54) is 6.07 Å². The first-order valence-electron chi connectivity index (χ1n) is 8.10. The number of halogens is 1. The van der Waals surface area contributed by atoms with Crippen LogP contribution in [-0.4, -0.2) is 47.0 Å².